The zero-order valence-electron chi connectivity index (χ0n) is 8.49. The summed E-state index contributed by atoms with van der Waals surface area (Å²) in [5.74, 6) is 6.18. The van der Waals surface area contributed by atoms with Gasteiger partial charge in [0.2, 0.25) is 0 Å². The standard InChI is InChI=1S/C13H10N2/c1-2-3-11-4-6-12(7-5-11)8-13(9-14)10-15/h4,6-8,11H,5H2,1H3. The van der Waals surface area contributed by atoms with E-state index < -0.39 is 0 Å². The van der Waals surface area contributed by atoms with Crippen molar-refractivity contribution < 1.29 is 0 Å². The zero-order valence-corrected chi connectivity index (χ0v) is 8.49. The molecule has 0 saturated heterocycles. The summed E-state index contributed by atoms with van der Waals surface area (Å²) in [6, 6.07) is 3.67. The second kappa shape index (κ2) is 5.48. The van der Waals surface area contributed by atoms with Gasteiger partial charge in [-0.2, -0.15) is 10.5 Å². The van der Waals surface area contributed by atoms with Gasteiger partial charge in [0.05, 0.1) is 0 Å². The Kier molecular flexibility index (Phi) is 3.96. The Morgan fingerprint density at radius 1 is 1.47 bits per heavy atom. The fourth-order valence-electron chi connectivity index (χ4n) is 1.29. The lowest BCUT2D eigenvalue weighted by molar-refractivity contribution is 0.846. The molecular formula is C13H10N2. The molecule has 1 unspecified atom stereocenters. The van der Waals surface area contributed by atoms with Gasteiger partial charge in [0, 0.05) is 5.92 Å². The van der Waals surface area contributed by atoms with Gasteiger partial charge >= 0.3 is 0 Å². The van der Waals surface area contributed by atoms with Gasteiger partial charge in [0.15, 0.2) is 0 Å². The summed E-state index contributed by atoms with van der Waals surface area (Å²) in [7, 11) is 0. The van der Waals surface area contributed by atoms with Gasteiger partial charge < -0.3 is 0 Å². The van der Waals surface area contributed by atoms with Gasteiger partial charge in [-0.05, 0) is 25.0 Å². The highest BCUT2D eigenvalue weighted by Crippen LogP contribution is 2.17. The van der Waals surface area contributed by atoms with Crippen molar-refractivity contribution in [1.29, 1.82) is 10.5 Å². The Labute approximate surface area is 89.8 Å². The van der Waals surface area contributed by atoms with Crippen LogP contribution in [0.25, 0.3) is 0 Å². The molecule has 0 heterocycles. The highest BCUT2D eigenvalue weighted by atomic mass is 14.3. The first kappa shape index (κ1) is 10.8. The summed E-state index contributed by atoms with van der Waals surface area (Å²) >= 11 is 0. The average Bonchev–Trinajstić information content (AvgIpc) is 2.28. The molecule has 0 aromatic heterocycles. The maximum absolute atomic E-state index is 8.58. The molecule has 2 nitrogen and oxygen atoms in total. The van der Waals surface area contributed by atoms with E-state index in [1.807, 2.05) is 37.3 Å². The molecular weight excluding hydrogens is 184 g/mol. The van der Waals surface area contributed by atoms with Crippen LogP contribution in [-0.4, -0.2) is 0 Å². The Balaban J connectivity index is 2.76. The van der Waals surface area contributed by atoms with E-state index in [2.05, 4.69) is 11.8 Å². The Bertz CT molecular complexity index is 451. The van der Waals surface area contributed by atoms with Crippen LogP contribution in [0.4, 0.5) is 0 Å². The number of rotatable bonds is 1. The largest absolute Gasteiger partial charge is 0.192 e. The van der Waals surface area contributed by atoms with Crippen molar-refractivity contribution in [2.75, 3.05) is 0 Å². The van der Waals surface area contributed by atoms with Crippen molar-refractivity contribution in [3.63, 3.8) is 0 Å². The molecule has 1 aliphatic carbocycles. The van der Waals surface area contributed by atoms with Crippen LogP contribution in [-0.2, 0) is 0 Å². The van der Waals surface area contributed by atoms with Crippen molar-refractivity contribution in [1.82, 2.24) is 0 Å². The van der Waals surface area contributed by atoms with Gasteiger partial charge in [0.1, 0.15) is 17.7 Å². The van der Waals surface area contributed by atoms with E-state index in [4.69, 9.17) is 10.5 Å². The lowest BCUT2D eigenvalue weighted by Crippen LogP contribution is -1.95. The second-order valence-electron chi connectivity index (χ2n) is 3.08. The SMILES string of the molecule is CC#CC1C=CC(C=C(C#N)C#N)=CC1. The number of nitriles is 2. The van der Waals surface area contributed by atoms with Gasteiger partial charge in [-0.1, -0.05) is 24.1 Å². The first-order valence-electron chi connectivity index (χ1n) is 4.62. The molecule has 72 valence electrons. The minimum Gasteiger partial charge on any atom is -0.192 e. The van der Waals surface area contributed by atoms with Gasteiger partial charge in [-0.25, -0.2) is 0 Å². The maximum Gasteiger partial charge on any atom is 0.130 e. The van der Waals surface area contributed by atoms with Gasteiger partial charge in [0.25, 0.3) is 0 Å². The van der Waals surface area contributed by atoms with Crippen LogP contribution in [0, 0.1) is 40.4 Å². The van der Waals surface area contributed by atoms with E-state index in [0.29, 0.717) is 0 Å². The van der Waals surface area contributed by atoms with E-state index in [9.17, 15) is 0 Å². The van der Waals surface area contributed by atoms with Gasteiger partial charge in [-0.15, -0.1) is 5.92 Å². The fraction of sp³-hybridized carbons (Fsp3) is 0.231. The third kappa shape index (κ3) is 3.18. The van der Waals surface area contributed by atoms with Crippen molar-refractivity contribution in [3.05, 3.63) is 35.5 Å². The summed E-state index contributed by atoms with van der Waals surface area (Å²) in [6.45, 7) is 1.82. The van der Waals surface area contributed by atoms with Crippen molar-refractivity contribution in [3.8, 4) is 24.0 Å². The quantitative estimate of drug-likeness (QED) is 0.475. The van der Waals surface area contributed by atoms with Crippen LogP contribution < -0.4 is 0 Å². The predicted molar refractivity (Wildman–Crippen MR) is 58.1 cm³/mol. The number of allylic oxidation sites excluding steroid dienone is 6. The summed E-state index contributed by atoms with van der Waals surface area (Å²) in [5, 5.41) is 17.2. The van der Waals surface area contributed by atoms with Crippen molar-refractivity contribution in [2.24, 2.45) is 5.92 Å². The molecule has 0 fully saturated rings. The van der Waals surface area contributed by atoms with Crippen LogP contribution >= 0.6 is 0 Å². The molecule has 1 aliphatic rings. The lowest BCUT2D eigenvalue weighted by atomic mass is 9.96. The summed E-state index contributed by atoms with van der Waals surface area (Å²) in [5.41, 5.74) is 1.04. The fourth-order valence-corrected chi connectivity index (χ4v) is 1.29. The van der Waals surface area contributed by atoms with E-state index >= 15 is 0 Å². The van der Waals surface area contributed by atoms with Crippen LogP contribution in [0.3, 0.4) is 0 Å². The Morgan fingerprint density at radius 3 is 2.67 bits per heavy atom. The molecule has 1 rings (SSSR count). The molecule has 15 heavy (non-hydrogen) atoms. The van der Waals surface area contributed by atoms with Crippen molar-refractivity contribution in [2.45, 2.75) is 13.3 Å². The zero-order chi connectivity index (χ0) is 11.1. The highest BCUT2D eigenvalue weighted by molar-refractivity contribution is 5.46. The molecule has 0 aromatic rings. The monoisotopic (exact) mass is 194 g/mol. The minimum atomic E-state index is 0.130. The average molecular weight is 194 g/mol. The summed E-state index contributed by atoms with van der Waals surface area (Å²) in [6.07, 6.45) is 8.31. The minimum absolute atomic E-state index is 0.130. The molecule has 0 amide bonds. The third-order valence-electron chi connectivity index (χ3n) is 2.01. The highest BCUT2D eigenvalue weighted by Gasteiger charge is 2.04. The van der Waals surface area contributed by atoms with E-state index in [-0.39, 0.29) is 11.5 Å². The van der Waals surface area contributed by atoms with Gasteiger partial charge in [-0.3, -0.25) is 0 Å². The van der Waals surface area contributed by atoms with E-state index in [1.165, 1.54) is 0 Å². The third-order valence-corrected chi connectivity index (χ3v) is 2.01. The van der Waals surface area contributed by atoms with Crippen LogP contribution in [0.2, 0.25) is 0 Å². The number of nitrogens with zero attached hydrogens (tertiary/aromatic N) is 2. The predicted octanol–water partition coefficient (Wildman–Crippen LogP) is 2.49. The number of hydrogen-bond acceptors (Lipinski definition) is 2. The summed E-state index contributed by atoms with van der Waals surface area (Å²) < 4.78 is 0. The normalized spacial score (nSPS) is 17.5. The first-order valence-corrected chi connectivity index (χ1v) is 4.62. The maximum atomic E-state index is 8.58. The van der Waals surface area contributed by atoms with Crippen LogP contribution in [0.5, 0.6) is 0 Å². The molecule has 1 atom stereocenters. The molecule has 2 heteroatoms. The molecule has 0 spiro atoms. The lowest BCUT2D eigenvalue weighted by Gasteiger charge is -2.07. The van der Waals surface area contributed by atoms with E-state index in [1.54, 1.807) is 6.08 Å². The smallest absolute Gasteiger partial charge is 0.130 e. The molecule has 0 saturated carbocycles. The second-order valence-corrected chi connectivity index (χ2v) is 3.08. The van der Waals surface area contributed by atoms with Crippen LogP contribution in [0.15, 0.2) is 35.5 Å². The molecule has 0 bridgehead atoms. The summed E-state index contributed by atoms with van der Waals surface area (Å²) in [4.78, 5) is 0. The van der Waals surface area contributed by atoms with Crippen LogP contribution in [0.1, 0.15) is 13.3 Å². The molecule has 0 aromatic carbocycles. The van der Waals surface area contributed by atoms with E-state index in [0.717, 1.165) is 12.0 Å². The molecule has 0 radical (unpaired) electrons. The van der Waals surface area contributed by atoms with Crippen molar-refractivity contribution >= 4 is 0 Å². The molecule has 0 N–H and O–H groups in total. The Morgan fingerprint density at radius 2 is 2.20 bits per heavy atom. The number of hydrogen-bond donors (Lipinski definition) is 0. The molecule has 0 aliphatic heterocycles. The topological polar surface area (TPSA) is 47.6 Å². The Hall–Kier alpha value is -2.24. The first-order chi connectivity index (χ1) is 7.30.